The zero-order valence-corrected chi connectivity index (χ0v) is 8.68. The van der Waals surface area contributed by atoms with Gasteiger partial charge in [0.05, 0.1) is 17.4 Å². The van der Waals surface area contributed by atoms with Crippen LogP contribution in [0.25, 0.3) is 0 Å². The highest BCUT2D eigenvalue weighted by molar-refractivity contribution is 5.91. The number of hydrogen-bond donors (Lipinski definition) is 0. The van der Waals surface area contributed by atoms with Gasteiger partial charge >= 0.3 is 5.97 Å². The maximum absolute atomic E-state index is 11.5. The van der Waals surface area contributed by atoms with Crippen molar-refractivity contribution in [3.05, 3.63) is 12.2 Å². The molecule has 16 heavy (non-hydrogen) atoms. The predicted molar refractivity (Wildman–Crippen MR) is 52.9 cm³/mol. The third-order valence-electron chi connectivity index (χ3n) is 4.01. The van der Waals surface area contributed by atoms with E-state index in [1.807, 2.05) is 0 Å². The number of nitrogens with zero attached hydrogens (tertiary/aromatic N) is 1. The van der Waals surface area contributed by atoms with Crippen LogP contribution in [-0.2, 0) is 14.3 Å². The van der Waals surface area contributed by atoms with E-state index in [4.69, 9.17) is 4.74 Å². The molecule has 0 aromatic carbocycles. The van der Waals surface area contributed by atoms with Crippen molar-refractivity contribution in [3.8, 4) is 6.07 Å². The number of esters is 1. The summed E-state index contributed by atoms with van der Waals surface area (Å²) in [5.74, 6) is -0.469. The van der Waals surface area contributed by atoms with Crippen molar-refractivity contribution in [1.82, 2.24) is 0 Å². The second-order valence-electron chi connectivity index (χ2n) is 4.87. The fourth-order valence-electron chi connectivity index (χ4n) is 3.17. The van der Waals surface area contributed by atoms with Crippen molar-refractivity contribution in [2.45, 2.75) is 25.4 Å². The number of fused-ring (bicyclic) bond motifs is 4. The van der Waals surface area contributed by atoms with Gasteiger partial charge in [0.15, 0.2) is 5.78 Å². The molecule has 0 unspecified atom stereocenters. The second kappa shape index (κ2) is 2.94. The van der Waals surface area contributed by atoms with Crippen LogP contribution in [0.4, 0.5) is 0 Å². The van der Waals surface area contributed by atoms with Crippen LogP contribution in [0.2, 0.25) is 0 Å². The van der Waals surface area contributed by atoms with Gasteiger partial charge in [0.2, 0.25) is 0 Å². The highest BCUT2D eigenvalue weighted by atomic mass is 16.6. The van der Waals surface area contributed by atoms with Crippen LogP contribution in [0.3, 0.4) is 0 Å². The average Bonchev–Trinajstić information content (AvgIpc) is 2.58. The summed E-state index contributed by atoms with van der Waals surface area (Å²) in [6.07, 6.45) is 4.44. The van der Waals surface area contributed by atoms with E-state index in [1.165, 1.54) is 6.08 Å². The molecule has 2 bridgehead atoms. The molecule has 1 heterocycles. The average molecular weight is 217 g/mol. The zero-order valence-electron chi connectivity index (χ0n) is 8.68. The van der Waals surface area contributed by atoms with Gasteiger partial charge in [-0.3, -0.25) is 9.59 Å². The van der Waals surface area contributed by atoms with Crippen LogP contribution in [0, 0.1) is 28.6 Å². The lowest BCUT2D eigenvalue weighted by Gasteiger charge is -2.40. The van der Waals surface area contributed by atoms with Gasteiger partial charge in [0.1, 0.15) is 6.10 Å². The highest BCUT2D eigenvalue weighted by Gasteiger charge is 2.56. The Morgan fingerprint density at radius 2 is 2.31 bits per heavy atom. The minimum atomic E-state index is -0.659. The Bertz CT molecular complexity index is 448. The largest absolute Gasteiger partial charge is 0.462 e. The van der Waals surface area contributed by atoms with Gasteiger partial charge in [-0.05, 0) is 18.9 Å². The molecule has 3 rings (SSSR count). The number of carbonyl (C=O) groups is 2. The van der Waals surface area contributed by atoms with E-state index >= 15 is 0 Å². The molecule has 0 aromatic rings. The summed E-state index contributed by atoms with van der Waals surface area (Å²) in [6, 6.07) is 2.29. The Labute approximate surface area is 92.9 Å². The van der Waals surface area contributed by atoms with Crippen LogP contribution in [-0.4, -0.2) is 17.9 Å². The maximum atomic E-state index is 11.5. The minimum absolute atomic E-state index is 0.0253. The lowest BCUT2D eigenvalue weighted by atomic mass is 9.60. The van der Waals surface area contributed by atoms with Crippen molar-refractivity contribution in [2.75, 3.05) is 0 Å². The van der Waals surface area contributed by atoms with Gasteiger partial charge in [-0.15, -0.1) is 0 Å². The summed E-state index contributed by atoms with van der Waals surface area (Å²) in [5.41, 5.74) is -0.659. The normalized spacial score (nSPS) is 44.8. The lowest BCUT2D eigenvalue weighted by Crippen LogP contribution is -2.43. The van der Waals surface area contributed by atoms with Crippen molar-refractivity contribution in [2.24, 2.45) is 17.3 Å². The van der Waals surface area contributed by atoms with Crippen molar-refractivity contribution in [3.63, 3.8) is 0 Å². The smallest absolute Gasteiger partial charge is 0.309 e. The molecule has 0 amide bonds. The fourth-order valence-corrected chi connectivity index (χ4v) is 3.17. The summed E-state index contributed by atoms with van der Waals surface area (Å²) in [7, 11) is 0. The van der Waals surface area contributed by atoms with Crippen molar-refractivity contribution in [1.29, 1.82) is 5.26 Å². The molecular weight excluding hydrogens is 206 g/mol. The number of allylic oxidation sites excluding steroid dienone is 2. The molecular formula is C12H11NO3. The first-order valence-electron chi connectivity index (χ1n) is 5.48. The summed E-state index contributed by atoms with van der Waals surface area (Å²) >= 11 is 0. The fraction of sp³-hybridized carbons (Fsp3) is 0.583. The van der Waals surface area contributed by atoms with Gasteiger partial charge in [0, 0.05) is 12.3 Å². The molecule has 4 atom stereocenters. The molecule has 0 radical (unpaired) electrons. The lowest BCUT2D eigenvalue weighted by molar-refractivity contribution is -0.145. The molecule has 2 fully saturated rings. The monoisotopic (exact) mass is 217 g/mol. The topological polar surface area (TPSA) is 67.2 Å². The van der Waals surface area contributed by atoms with Crippen LogP contribution in [0.15, 0.2) is 12.2 Å². The number of rotatable bonds is 0. The van der Waals surface area contributed by atoms with Crippen LogP contribution >= 0.6 is 0 Å². The van der Waals surface area contributed by atoms with Crippen LogP contribution in [0.1, 0.15) is 19.3 Å². The van der Waals surface area contributed by atoms with Gasteiger partial charge in [-0.2, -0.15) is 5.26 Å². The standard InChI is InChI=1S/C12H11NO3/c13-6-12-2-1-8(14)4-9(12)10-3-7(5-12)11(15)16-10/h1-2,7,9-10H,3-5H2/t7-,9-,10+,12+/m1/s1. The number of nitriles is 1. The summed E-state index contributed by atoms with van der Waals surface area (Å²) in [5, 5.41) is 9.33. The third-order valence-corrected chi connectivity index (χ3v) is 4.01. The third kappa shape index (κ3) is 1.09. The summed E-state index contributed by atoms with van der Waals surface area (Å²) < 4.78 is 5.25. The van der Waals surface area contributed by atoms with E-state index in [9.17, 15) is 14.9 Å². The molecule has 4 heteroatoms. The Morgan fingerprint density at radius 1 is 1.50 bits per heavy atom. The van der Waals surface area contributed by atoms with Crippen LogP contribution in [0.5, 0.6) is 0 Å². The zero-order chi connectivity index (χ0) is 11.3. The van der Waals surface area contributed by atoms with E-state index in [-0.39, 0.29) is 29.7 Å². The van der Waals surface area contributed by atoms with E-state index in [0.29, 0.717) is 19.3 Å². The molecule has 0 spiro atoms. The highest BCUT2D eigenvalue weighted by Crippen LogP contribution is 2.52. The van der Waals surface area contributed by atoms with Crippen molar-refractivity contribution < 1.29 is 14.3 Å². The Hall–Kier alpha value is -1.63. The molecule has 1 aliphatic heterocycles. The van der Waals surface area contributed by atoms with Gasteiger partial charge in [0.25, 0.3) is 0 Å². The number of carbonyl (C=O) groups excluding carboxylic acids is 2. The molecule has 0 aromatic heterocycles. The quantitative estimate of drug-likeness (QED) is 0.567. The number of ether oxygens (including phenoxy) is 1. The minimum Gasteiger partial charge on any atom is -0.462 e. The Balaban J connectivity index is 2.06. The molecule has 4 nitrogen and oxygen atoms in total. The van der Waals surface area contributed by atoms with Gasteiger partial charge in [-0.1, -0.05) is 6.08 Å². The first kappa shape index (κ1) is 9.59. The predicted octanol–water partition coefficient (Wildman–Crippen LogP) is 0.977. The van der Waals surface area contributed by atoms with E-state index in [2.05, 4.69) is 6.07 Å². The molecule has 1 saturated carbocycles. The molecule has 82 valence electrons. The number of hydrogen-bond acceptors (Lipinski definition) is 4. The molecule has 0 N–H and O–H groups in total. The van der Waals surface area contributed by atoms with Gasteiger partial charge < -0.3 is 4.74 Å². The first-order valence-corrected chi connectivity index (χ1v) is 5.48. The van der Waals surface area contributed by atoms with E-state index < -0.39 is 5.41 Å². The molecule has 3 aliphatic rings. The van der Waals surface area contributed by atoms with E-state index in [1.54, 1.807) is 6.08 Å². The Morgan fingerprint density at radius 3 is 3.06 bits per heavy atom. The Kier molecular flexibility index (Phi) is 1.76. The SMILES string of the molecule is N#C[C@@]12C=CC(=O)C[C@@H]1[C@@H]1C[C@H](C2)C(=O)O1. The number of ketones is 1. The maximum Gasteiger partial charge on any atom is 0.309 e. The summed E-state index contributed by atoms with van der Waals surface area (Å²) in [6.45, 7) is 0. The van der Waals surface area contributed by atoms with Gasteiger partial charge in [-0.25, -0.2) is 0 Å². The van der Waals surface area contributed by atoms with Crippen LogP contribution < -0.4 is 0 Å². The van der Waals surface area contributed by atoms with E-state index in [0.717, 1.165) is 0 Å². The van der Waals surface area contributed by atoms with Crippen molar-refractivity contribution >= 4 is 11.8 Å². The summed E-state index contributed by atoms with van der Waals surface area (Å²) in [4.78, 5) is 22.9. The first-order chi connectivity index (χ1) is 7.64. The second-order valence-corrected chi connectivity index (χ2v) is 4.87. The molecule has 2 aliphatic carbocycles. The molecule has 1 saturated heterocycles.